The Balaban J connectivity index is 1.97. The highest BCUT2D eigenvalue weighted by Crippen LogP contribution is 2.32. The van der Waals surface area contributed by atoms with Gasteiger partial charge in [-0.25, -0.2) is 0 Å². The minimum Gasteiger partial charge on any atom is -0.502 e. The van der Waals surface area contributed by atoms with Gasteiger partial charge in [0.1, 0.15) is 0 Å². The number of hydrazone groups is 1. The van der Waals surface area contributed by atoms with Gasteiger partial charge in [0, 0.05) is 22.7 Å². The summed E-state index contributed by atoms with van der Waals surface area (Å²) in [5, 5.41) is 28.2. The van der Waals surface area contributed by atoms with Crippen LogP contribution in [0.4, 0.5) is 5.69 Å². The molecular weight excluding hydrogens is 340 g/mol. The van der Waals surface area contributed by atoms with Crippen LogP contribution in [-0.2, 0) is 0 Å². The molecule has 1 aliphatic rings. The van der Waals surface area contributed by atoms with Crippen LogP contribution in [-0.4, -0.2) is 27.4 Å². The van der Waals surface area contributed by atoms with Crippen molar-refractivity contribution in [3.8, 4) is 5.75 Å². The highest BCUT2D eigenvalue weighted by atomic mass is 35.5. The predicted molar refractivity (Wildman–Crippen MR) is 93.1 cm³/mol. The smallest absolute Gasteiger partial charge is 0.312 e. The minimum absolute atomic E-state index is 0.136. The van der Waals surface area contributed by atoms with Crippen LogP contribution in [0.5, 0.6) is 5.75 Å². The Hall–Kier alpha value is -1.93. The standard InChI is InChI=1S/C14H17ClN4O3S/c15-10-6-9(13(20)12(7-10)19(21)22)8-16-18-14(23)17-11-4-2-1-3-5-11/h6-8,11,20H,1-5H2,(H2,17,18,23). The zero-order valence-electron chi connectivity index (χ0n) is 12.3. The van der Waals surface area contributed by atoms with Gasteiger partial charge < -0.3 is 10.4 Å². The third-order valence-electron chi connectivity index (χ3n) is 3.59. The van der Waals surface area contributed by atoms with Crippen molar-refractivity contribution in [2.45, 2.75) is 38.1 Å². The highest BCUT2D eigenvalue weighted by Gasteiger charge is 2.18. The van der Waals surface area contributed by atoms with E-state index in [1.54, 1.807) is 0 Å². The monoisotopic (exact) mass is 356 g/mol. The number of hydrogen-bond acceptors (Lipinski definition) is 5. The summed E-state index contributed by atoms with van der Waals surface area (Å²) < 4.78 is 0. The molecule has 1 aliphatic carbocycles. The van der Waals surface area contributed by atoms with Crippen molar-refractivity contribution in [3.05, 3.63) is 32.8 Å². The summed E-state index contributed by atoms with van der Waals surface area (Å²) in [5.41, 5.74) is 2.31. The summed E-state index contributed by atoms with van der Waals surface area (Å²) in [4.78, 5) is 10.1. The van der Waals surface area contributed by atoms with Gasteiger partial charge in [-0.3, -0.25) is 15.5 Å². The molecule has 7 nitrogen and oxygen atoms in total. The lowest BCUT2D eigenvalue weighted by molar-refractivity contribution is -0.385. The third kappa shape index (κ3) is 5.04. The molecule has 1 aromatic carbocycles. The van der Waals surface area contributed by atoms with E-state index in [0.717, 1.165) is 18.9 Å². The molecule has 0 amide bonds. The number of benzene rings is 1. The van der Waals surface area contributed by atoms with Crippen molar-refractivity contribution in [3.63, 3.8) is 0 Å². The number of thiocarbonyl (C=S) groups is 1. The number of aromatic hydroxyl groups is 1. The van der Waals surface area contributed by atoms with Gasteiger partial charge in [-0.05, 0) is 31.1 Å². The van der Waals surface area contributed by atoms with Crippen LogP contribution in [0.25, 0.3) is 0 Å². The van der Waals surface area contributed by atoms with Gasteiger partial charge in [-0.15, -0.1) is 0 Å². The Bertz CT molecular complexity index is 633. The van der Waals surface area contributed by atoms with Crippen molar-refractivity contribution in [1.82, 2.24) is 10.7 Å². The number of rotatable bonds is 4. The second-order valence-electron chi connectivity index (χ2n) is 5.30. The van der Waals surface area contributed by atoms with Crippen molar-refractivity contribution in [2.75, 3.05) is 0 Å². The lowest BCUT2D eigenvalue weighted by Crippen LogP contribution is -2.40. The molecule has 1 saturated carbocycles. The van der Waals surface area contributed by atoms with Gasteiger partial charge in [0.15, 0.2) is 5.11 Å². The number of nitro benzene ring substituents is 1. The molecule has 0 spiro atoms. The van der Waals surface area contributed by atoms with Crippen molar-refractivity contribution >= 4 is 40.8 Å². The molecule has 9 heteroatoms. The largest absolute Gasteiger partial charge is 0.502 e. The van der Waals surface area contributed by atoms with Crippen LogP contribution >= 0.6 is 23.8 Å². The van der Waals surface area contributed by atoms with Gasteiger partial charge in [0.05, 0.1) is 11.1 Å². The SMILES string of the molecule is O=[N+]([O-])c1cc(Cl)cc(C=NNC(=S)NC2CCCCC2)c1O. The average molecular weight is 357 g/mol. The van der Waals surface area contributed by atoms with Crippen LogP contribution in [0.1, 0.15) is 37.7 Å². The van der Waals surface area contributed by atoms with Gasteiger partial charge >= 0.3 is 5.69 Å². The molecule has 1 fully saturated rings. The first kappa shape index (κ1) is 17.4. The molecule has 0 heterocycles. The average Bonchev–Trinajstić information content (AvgIpc) is 2.51. The maximum atomic E-state index is 10.8. The highest BCUT2D eigenvalue weighted by molar-refractivity contribution is 7.80. The molecule has 1 aromatic rings. The van der Waals surface area contributed by atoms with E-state index in [9.17, 15) is 15.2 Å². The van der Waals surface area contributed by atoms with Crippen LogP contribution in [0.2, 0.25) is 5.02 Å². The summed E-state index contributed by atoms with van der Waals surface area (Å²) >= 11 is 10.9. The van der Waals surface area contributed by atoms with Crippen LogP contribution in [0.3, 0.4) is 0 Å². The van der Waals surface area contributed by atoms with Crippen molar-refractivity contribution in [1.29, 1.82) is 0 Å². The molecule has 0 saturated heterocycles. The number of nitrogens with zero attached hydrogens (tertiary/aromatic N) is 2. The lowest BCUT2D eigenvalue weighted by atomic mass is 9.96. The van der Waals surface area contributed by atoms with Gasteiger partial charge in [0.25, 0.3) is 0 Å². The van der Waals surface area contributed by atoms with E-state index in [4.69, 9.17) is 23.8 Å². The van der Waals surface area contributed by atoms with E-state index in [2.05, 4.69) is 15.8 Å². The van der Waals surface area contributed by atoms with E-state index in [-0.39, 0.29) is 10.6 Å². The second-order valence-corrected chi connectivity index (χ2v) is 6.14. The minimum atomic E-state index is -0.707. The number of hydrogen-bond donors (Lipinski definition) is 3. The Morgan fingerprint density at radius 1 is 1.43 bits per heavy atom. The Morgan fingerprint density at radius 2 is 2.13 bits per heavy atom. The first-order valence-electron chi connectivity index (χ1n) is 7.24. The maximum absolute atomic E-state index is 10.8. The summed E-state index contributed by atoms with van der Waals surface area (Å²) in [6.07, 6.45) is 7.01. The van der Waals surface area contributed by atoms with E-state index in [1.807, 2.05) is 0 Å². The Kier molecular flexibility index (Phi) is 6.12. The Labute approximate surface area is 143 Å². The fourth-order valence-electron chi connectivity index (χ4n) is 2.47. The third-order valence-corrected chi connectivity index (χ3v) is 4.02. The van der Waals surface area contributed by atoms with Gasteiger partial charge in [-0.2, -0.15) is 5.10 Å². The molecular formula is C14H17ClN4O3S. The molecule has 0 radical (unpaired) electrons. The molecule has 0 aliphatic heterocycles. The maximum Gasteiger partial charge on any atom is 0.312 e. The molecule has 2 rings (SSSR count). The zero-order valence-corrected chi connectivity index (χ0v) is 13.9. The normalized spacial score (nSPS) is 15.5. The molecule has 124 valence electrons. The second kappa shape index (κ2) is 8.07. The fourth-order valence-corrected chi connectivity index (χ4v) is 2.91. The van der Waals surface area contributed by atoms with Crippen molar-refractivity contribution in [2.24, 2.45) is 5.10 Å². The van der Waals surface area contributed by atoms with Gasteiger partial charge in [-0.1, -0.05) is 30.9 Å². The number of phenols is 1. The summed E-state index contributed by atoms with van der Waals surface area (Å²) in [6.45, 7) is 0. The number of nitro groups is 1. The van der Waals surface area contributed by atoms with E-state index in [0.29, 0.717) is 11.2 Å². The molecule has 0 bridgehead atoms. The Morgan fingerprint density at radius 3 is 2.78 bits per heavy atom. The van der Waals surface area contributed by atoms with Crippen LogP contribution in [0, 0.1) is 10.1 Å². The van der Waals surface area contributed by atoms with Crippen molar-refractivity contribution < 1.29 is 10.0 Å². The molecule has 0 atom stereocenters. The van der Waals surface area contributed by atoms with E-state index in [1.165, 1.54) is 31.5 Å². The summed E-state index contributed by atoms with van der Waals surface area (Å²) in [6, 6.07) is 2.81. The zero-order chi connectivity index (χ0) is 16.8. The number of phenolic OH excluding ortho intramolecular Hbond substituents is 1. The first-order valence-corrected chi connectivity index (χ1v) is 8.02. The van der Waals surface area contributed by atoms with E-state index >= 15 is 0 Å². The summed E-state index contributed by atoms with van der Waals surface area (Å²) in [5.74, 6) is -0.490. The molecule has 0 unspecified atom stereocenters. The van der Waals surface area contributed by atoms with Crippen LogP contribution < -0.4 is 10.7 Å². The first-order chi connectivity index (χ1) is 11.0. The number of halogens is 1. The lowest BCUT2D eigenvalue weighted by Gasteiger charge is -2.23. The molecule has 0 aromatic heterocycles. The van der Waals surface area contributed by atoms with Crippen LogP contribution in [0.15, 0.2) is 17.2 Å². The quantitative estimate of drug-likeness (QED) is 0.332. The topological polar surface area (TPSA) is 99.8 Å². The molecule has 3 N–H and O–H groups in total. The number of nitrogens with one attached hydrogen (secondary N) is 2. The van der Waals surface area contributed by atoms with E-state index < -0.39 is 16.4 Å². The van der Waals surface area contributed by atoms with Gasteiger partial charge in [0.2, 0.25) is 5.75 Å². The summed E-state index contributed by atoms with van der Waals surface area (Å²) in [7, 11) is 0. The fraction of sp³-hybridized carbons (Fsp3) is 0.429. The predicted octanol–water partition coefficient (Wildman–Crippen LogP) is 3.08. The molecule has 23 heavy (non-hydrogen) atoms.